The second-order valence-electron chi connectivity index (χ2n) is 7.29. The monoisotopic (exact) mass is 376 g/mol. The zero-order valence-electron chi connectivity index (χ0n) is 15.8. The summed E-state index contributed by atoms with van der Waals surface area (Å²) in [5.41, 5.74) is 2.11. The Kier molecular flexibility index (Phi) is 6.16. The number of fused-ring (bicyclic) bond motifs is 1. The van der Waals surface area contributed by atoms with Crippen molar-refractivity contribution in [1.82, 2.24) is 14.9 Å². The summed E-state index contributed by atoms with van der Waals surface area (Å²) in [6.45, 7) is 5.77. The van der Waals surface area contributed by atoms with Crippen molar-refractivity contribution in [2.24, 2.45) is 0 Å². The maximum atomic E-state index is 12.5. The first-order valence-electron chi connectivity index (χ1n) is 9.94. The Morgan fingerprint density at radius 1 is 1.19 bits per heavy atom. The molecular formula is C19H28N4O4. The molecule has 0 aromatic carbocycles. The first-order chi connectivity index (χ1) is 13.3. The zero-order valence-corrected chi connectivity index (χ0v) is 15.8. The molecule has 4 heterocycles. The van der Waals surface area contributed by atoms with Crippen LogP contribution in [0.2, 0.25) is 0 Å². The number of ether oxygens (including phenoxy) is 3. The van der Waals surface area contributed by atoms with Crippen molar-refractivity contribution in [3.05, 3.63) is 17.6 Å². The molecule has 0 bridgehead atoms. The number of amides is 1. The van der Waals surface area contributed by atoms with Crippen LogP contribution in [0.4, 0.5) is 5.82 Å². The molecule has 4 rings (SSSR count). The van der Waals surface area contributed by atoms with Crippen molar-refractivity contribution in [2.75, 3.05) is 57.6 Å². The average Bonchev–Trinajstić information content (AvgIpc) is 2.74. The van der Waals surface area contributed by atoms with Gasteiger partial charge in [0, 0.05) is 31.8 Å². The predicted molar refractivity (Wildman–Crippen MR) is 98.6 cm³/mol. The van der Waals surface area contributed by atoms with Crippen LogP contribution in [-0.4, -0.2) is 79.5 Å². The van der Waals surface area contributed by atoms with E-state index in [1.54, 1.807) is 6.33 Å². The lowest BCUT2D eigenvalue weighted by atomic mass is 10.0. The molecule has 2 fully saturated rings. The fourth-order valence-electron chi connectivity index (χ4n) is 3.91. The van der Waals surface area contributed by atoms with Gasteiger partial charge in [0.25, 0.3) is 0 Å². The minimum atomic E-state index is 0.0167. The first kappa shape index (κ1) is 18.6. The van der Waals surface area contributed by atoms with Gasteiger partial charge in [-0.05, 0) is 25.7 Å². The van der Waals surface area contributed by atoms with Gasteiger partial charge in [0.15, 0.2) is 0 Å². The molecule has 3 aliphatic rings. The van der Waals surface area contributed by atoms with Gasteiger partial charge >= 0.3 is 0 Å². The van der Waals surface area contributed by atoms with E-state index in [-0.39, 0.29) is 18.6 Å². The summed E-state index contributed by atoms with van der Waals surface area (Å²) in [5, 5.41) is 0. The normalized spacial score (nSPS) is 23.2. The molecule has 1 aromatic heterocycles. The van der Waals surface area contributed by atoms with Crippen molar-refractivity contribution >= 4 is 11.7 Å². The summed E-state index contributed by atoms with van der Waals surface area (Å²) in [7, 11) is 0. The molecule has 3 aliphatic heterocycles. The van der Waals surface area contributed by atoms with E-state index >= 15 is 0 Å². The van der Waals surface area contributed by atoms with E-state index < -0.39 is 0 Å². The lowest BCUT2D eigenvalue weighted by molar-refractivity contribution is -0.139. The molecular weight excluding hydrogens is 348 g/mol. The number of carbonyl (C=O) groups excluding carboxylic acids is 1. The molecule has 0 spiro atoms. The number of nitrogens with zero attached hydrogens (tertiary/aromatic N) is 4. The van der Waals surface area contributed by atoms with E-state index in [1.807, 2.05) is 4.90 Å². The third-order valence-corrected chi connectivity index (χ3v) is 5.45. The zero-order chi connectivity index (χ0) is 18.5. The van der Waals surface area contributed by atoms with Crippen LogP contribution in [0.15, 0.2) is 6.33 Å². The van der Waals surface area contributed by atoms with E-state index in [9.17, 15) is 4.79 Å². The minimum Gasteiger partial charge on any atom is -0.378 e. The van der Waals surface area contributed by atoms with Gasteiger partial charge in [0.05, 0.1) is 38.2 Å². The fourth-order valence-corrected chi connectivity index (χ4v) is 3.91. The van der Waals surface area contributed by atoms with Gasteiger partial charge in [0.1, 0.15) is 18.8 Å². The van der Waals surface area contributed by atoms with Gasteiger partial charge in [-0.15, -0.1) is 0 Å². The number of carbonyl (C=O) groups is 1. The Morgan fingerprint density at radius 3 is 2.89 bits per heavy atom. The van der Waals surface area contributed by atoms with Crippen LogP contribution in [0.5, 0.6) is 0 Å². The number of rotatable bonds is 5. The molecule has 0 aliphatic carbocycles. The molecule has 8 nitrogen and oxygen atoms in total. The largest absolute Gasteiger partial charge is 0.378 e. The third-order valence-electron chi connectivity index (χ3n) is 5.45. The summed E-state index contributed by atoms with van der Waals surface area (Å²) in [4.78, 5) is 25.6. The van der Waals surface area contributed by atoms with Gasteiger partial charge < -0.3 is 24.0 Å². The number of morpholine rings is 1. The summed E-state index contributed by atoms with van der Waals surface area (Å²) in [6, 6.07) is 0. The summed E-state index contributed by atoms with van der Waals surface area (Å²) >= 11 is 0. The Balaban J connectivity index is 1.31. The lowest BCUT2D eigenvalue weighted by Gasteiger charge is -2.33. The molecule has 1 atom stereocenters. The fraction of sp³-hybridized carbons (Fsp3) is 0.737. The SMILES string of the molecule is O=C(COC[C@H]1CCCCO1)N1CCc2c(ncnc2N2CCOCC2)C1. The van der Waals surface area contributed by atoms with Crippen molar-refractivity contribution in [3.63, 3.8) is 0 Å². The van der Waals surface area contributed by atoms with Crippen molar-refractivity contribution in [1.29, 1.82) is 0 Å². The Labute approximate surface area is 159 Å². The van der Waals surface area contributed by atoms with Crippen LogP contribution in [-0.2, 0) is 32.0 Å². The standard InChI is InChI=1S/C19H28N4O4/c24-18(13-26-12-15-3-1-2-8-27-15)23-5-4-16-17(11-23)20-14-21-19(16)22-6-9-25-10-7-22/h14-15H,1-13H2/t15-/m1/s1. The second kappa shape index (κ2) is 8.95. The topological polar surface area (TPSA) is 77.0 Å². The first-order valence-corrected chi connectivity index (χ1v) is 9.94. The minimum absolute atomic E-state index is 0.0167. The Bertz CT molecular complexity index is 645. The molecule has 1 amide bonds. The van der Waals surface area contributed by atoms with Gasteiger partial charge in [-0.3, -0.25) is 4.79 Å². The predicted octanol–water partition coefficient (Wildman–Crippen LogP) is 0.784. The van der Waals surface area contributed by atoms with Crippen LogP contribution in [0.3, 0.4) is 0 Å². The van der Waals surface area contributed by atoms with E-state index in [0.29, 0.717) is 19.7 Å². The van der Waals surface area contributed by atoms with Gasteiger partial charge in [-0.1, -0.05) is 0 Å². The molecule has 0 radical (unpaired) electrons. The molecule has 27 heavy (non-hydrogen) atoms. The number of hydrogen-bond acceptors (Lipinski definition) is 7. The van der Waals surface area contributed by atoms with Crippen LogP contribution in [0, 0.1) is 0 Å². The van der Waals surface area contributed by atoms with E-state index in [2.05, 4.69) is 14.9 Å². The van der Waals surface area contributed by atoms with Crippen LogP contribution >= 0.6 is 0 Å². The number of anilines is 1. The Hall–Kier alpha value is -1.77. The van der Waals surface area contributed by atoms with E-state index in [1.165, 1.54) is 12.0 Å². The summed E-state index contributed by atoms with van der Waals surface area (Å²) < 4.78 is 16.7. The molecule has 0 saturated carbocycles. The van der Waals surface area contributed by atoms with Crippen LogP contribution < -0.4 is 4.90 Å². The summed E-state index contributed by atoms with van der Waals surface area (Å²) in [5.74, 6) is 1.02. The molecule has 0 N–H and O–H groups in total. The highest BCUT2D eigenvalue weighted by molar-refractivity contribution is 5.77. The maximum absolute atomic E-state index is 12.5. The van der Waals surface area contributed by atoms with Crippen molar-refractivity contribution in [2.45, 2.75) is 38.3 Å². The molecule has 8 heteroatoms. The molecule has 2 saturated heterocycles. The smallest absolute Gasteiger partial charge is 0.248 e. The highest BCUT2D eigenvalue weighted by Crippen LogP contribution is 2.26. The van der Waals surface area contributed by atoms with Gasteiger partial charge in [-0.25, -0.2) is 9.97 Å². The second-order valence-corrected chi connectivity index (χ2v) is 7.29. The van der Waals surface area contributed by atoms with E-state index in [0.717, 1.165) is 63.7 Å². The molecule has 148 valence electrons. The number of aromatic nitrogens is 2. The highest BCUT2D eigenvalue weighted by Gasteiger charge is 2.27. The van der Waals surface area contributed by atoms with Crippen molar-refractivity contribution < 1.29 is 19.0 Å². The Morgan fingerprint density at radius 2 is 2.07 bits per heavy atom. The number of hydrogen-bond donors (Lipinski definition) is 0. The average molecular weight is 376 g/mol. The van der Waals surface area contributed by atoms with Gasteiger partial charge in [0.2, 0.25) is 5.91 Å². The summed E-state index contributed by atoms with van der Waals surface area (Å²) in [6.07, 6.45) is 5.84. The third kappa shape index (κ3) is 4.56. The molecule has 0 unspecified atom stereocenters. The van der Waals surface area contributed by atoms with Crippen LogP contribution in [0.1, 0.15) is 30.5 Å². The van der Waals surface area contributed by atoms with Crippen molar-refractivity contribution in [3.8, 4) is 0 Å². The van der Waals surface area contributed by atoms with Gasteiger partial charge in [-0.2, -0.15) is 0 Å². The lowest BCUT2D eigenvalue weighted by Crippen LogP contribution is -2.41. The maximum Gasteiger partial charge on any atom is 0.248 e. The van der Waals surface area contributed by atoms with Crippen LogP contribution in [0.25, 0.3) is 0 Å². The highest BCUT2D eigenvalue weighted by atomic mass is 16.5. The molecule has 1 aromatic rings. The quantitative estimate of drug-likeness (QED) is 0.752. The van der Waals surface area contributed by atoms with E-state index in [4.69, 9.17) is 14.2 Å².